The van der Waals surface area contributed by atoms with Crippen molar-refractivity contribution in [2.45, 2.75) is 18.7 Å². The monoisotopic (exact) mass is 527 g/mol. The fourth-order valence-corrected chi connectivity index (χ4v) is 5.18. The largest absolute Gasteiger partial charge is 0.493 e. The molecule has 0 aliphatic carbocycles. The van der Waals surface area contributed by atoms with E-state index in [1.54, 1.807) is 42.3 Å². The van der Waals surface area contributed by atoms with E-state index in [9.17, 15) is 13.2 Å². The number of nitrogens with zero attached hydrogens (tertiary/aromatic N) is 3. The van der Waals surface area contributed by atoms with Crippen LogP contribution in [0.15, 0.2) is 41.3 Å². The number of ether oxygens (including phenoxy) is 2. The van der Waals surface area contributed by atoms with Gasteiger partial charge in [0.05, 0.1) is 29.3 Å². The summed E-state index contributed by atoms with van der Waals surface area (Å²) < 4.78 is 35.3. The zero-order chi connectivity index (χ0) is 24.2. The van der Waals surface area contributed by atoms with Crippen LogP contribution in [0.3, 0.4) is 0 Å². The van der Waals surface area contributed by atoms with Crippen LogP contribution in [0, 0.1) is 0 Å². The SMILES string of the molecule is CCN(CC)CCN(C(=O)c1ccc(OC)c(OC)c1)c1nc2ccc(S(C)(=O)=O)cc2s1.Cl. The van der Waals surface area contributed by atoms with Crippen molar-refractivity contribution in [3.63, 3.8) is 0 Å². The van der Waals surface area contributed by atoms with E-state index < -0.39 is 9.84 Å². The van der Waals surface area contributed by atoms with Crippen molar-refractivity contribution in [3.8, 4) is 11.5 Å². The molecule has 1 aromatic heterocycles. The van der Waals surface area contributed by atoms with Gasteiger partial charge in [0, 0.05) is 24.9 Å². The first kappa shape index (κ1) is 27.8. The smallest absolute Gasteiger partial charge is 0.260 e. The lowest BCUT2D eigenvalue weighted by Gasteiger charge is -2.25. The van der Waals surface area contributed by atoms with E-state index >= 15 is 0 Å². The number of likely N-dealkylation sites (N-methyl/N-ethyl adjacent to an activating group) is 1. The van der Waals surface area contributed by atoms with E-state index in [1.165, 1.54) is 30.8 Å². The molecule has 0 saturated heterocycles. The Hall–Kier alpha value is -2.40. The summed E-state index contributed by atoms with van der Waals surface area (Å²) in [5, 5.41) is 0.516. The molecule has 186 valence electrons. The molecule has 0 aliphatic rings. The highest BCUT2D eigenvalue weighted by molar-refractivity contribution is 7.90. The molecule has 0 N–H and O–H groups in total. The molecule has 0 unspecified atom stereocenters. The number of aromatic nitrogens is 1. The molecule has 0 spiro atoms. The van der Waals surface area contributed by atoms with Gasteiger partial charge in [-0.2, -0.15) is 0 Å². The number of hydrogen-bond donors (Lipinski definition) is 0. The maximum Gasteiger partial charge on any atom is 0.260 e. The van der Waals surface area contributed by atoms with Gasteiger partial charge in [0.25, 0.3) is 5.91 Å². The van der Waals surface area contributed by atoms with Crippen LogP contribution in [0.25, 0.3) is 10.2 Å². The molecular weight excluding hydrogens is 498 g/mol. The van der Waals surface area contributed by atoms with Crippen molar-refractivity contribution in [3.05, 3.63) is 42.0 Å². The van der Waals surface area contributed by atoms with Gasteiger partial charge in [0.1, 0.15) is 0 Å². The molecule has 3 aromatic rings. The minimum Gasteiger partial charge on any atom is -0.493 e. The molecule has 0 radical (unpaired) electrons. The number of thiazole rings is 1. The van der Waals surface area contributed by atoms with Crippen LogP contribution in [0.5, 0.6) is 11.5 Å². The Morgan fingerprint density at radius 3 is 2.26 bits per heavy atom. The number of hydrogen-bond acceptors (Lipinski definition) is 8. The van der Waals surface area contributed by atoms with E-state index in [0.717, 1.165) is 13.1 Å². The van der Waals surface area contributed by atoms with Crippen molar-refractivity contribution in [2.24, 2.45) is 0 Å². The van der Waals surface area contributed by atoms with Crippen molar-refractivity contribution in [2.75, 3.05) is 51.6 Å². The molecule has 34 heavy (non-hydrogen) atoms. The molecule has 0 fully saturated rings. The van der Waals surface area contributed by atoms with Gasteiger partial charge in [-0.15, -0.1) is 12.4 Å². The lowest BCUT2D eigenvalue weighted by atomic mass is 10.1. The molecule has 2 aromatic carbocycles. The number of carbonyl (C=O) groups excluding carboxylic acids is 1. The highest BCUT2D eigenvalue weighted by Crippen LogP contribution is 2.33. The molecule has 8 nitrogen and oxygen atoms in total. The first-order chi connectivity index (χ1) is 15.7. The van der Waals surface area contributed by atoms with Gasteiger partial charge in [0.15, 0.2) is 26.5 Å². The predicted octanol–water partition coefficient (Wildman–Crippen LogP) is 4.13. The van der Waals surface area contributed by atoms with Gasteiger partial charge in [0.2, 0.25) is 0 Å². The van der Waals surface area contributed by atoms with Crippen LogP contribution < -0.4 is 14.4 Å². The molecule has 1 heterocycles. The van der Waals surface area contributed by atoms with Crippen molar-refractivity contribution in [1.29, 1.82) is 0 Å². The first-order valence-electron chi connectivity index (χ1n) is 10.6. The highest BCUT2D eigenvalue weighted by atomic mass is 35.5. The second-order valence-electron chi connectivity index (χ2n) is 7.45. The number of anilines is 1. The molecule has 3 rings (SSSR count). The van der Waals surface area contributed by atoms with E-state index in [0.29, 0.717) is 45.5 Å². The third kappa shape index (κ3) is 6.18. The Morgan fingerprint density at radius 1 is 1.00 bits per heavy atom. The summed E-state index contributed by atoms with van der Waals surface area (Å²) in [5.74, 6) is 0.789. The van der Waals surface area contributed by atoms with E-state index in [1.807, 2.05) is 0 Å². The topological polar surface area (TPSA) is 89.0 Å². The number of benzene rings is 2. The Bertz CT molecular complexity index is 1240. The highest BCUT2D eigenvalue weighted by Gasteiger charge is 2.23. The summed E-state index contributed by atoms with van der Waals surface area (Å²) >= 11 is 1.30. The van der Waals surface area contributed by atoms with Crippen LogP contribution in [0.4, 0.5) is 5.13 Å². The summed E-state index contributed by atoms with van der Waals surface area (Å²) in [5.41, 5.74) is 1.10. The first-order valence-corrected chi connectivity index (χ1v) is 13.3. The molecule has 0 bridgehead atoms. The molecule has 11 heteroatoms. The van der Waals surface area contributed by atoms with Crippen LogP contribution in [-0.2, 0) is 9.84 Å². The quantitative estimate of drug-likeness (QED) is 0.391. The van der Waals surface area contributed by atoms with Gasteiger partial charge < -0.3 is 14.4 Å². The molecule has 0 atom stereocenters. The van der Waals surface area contributed by atoms with Gasteiger partial charge in [-0.1, -0.05) is 25.2 Å². The van der Waals surface area contributed by atoms with Crippen LogP contribution in [0.2, 0.25) is 0 Å². The Balaban J connectivity index is 0.00000408. The lowest BCUT2D eigenvalue weighted by Crippen LogP contribution is -2.38. The number of carbonyl (C=O) groups is 1. The zero-order valence-corrected chi connectivity index (χ0v) is 22.3. The lowest BCUT2D eigenvalue weighted by molar-refractivity contribution is 0.0983. The van der Waals surface area contributed by atoms with E-state index in [2.05, 4.69) is 23.7 Å². The third-order valence-electron chi connectivity index (χ3n) is 5.42. The normalized spacial score (nSPS) is 11.4. The summed E-state index contributed by atoms with van der Waals surface area (Å²) in [6.07, 6.45) is 1.17. The third-order valence-corrected chi connectivity index (χ3v) is 7.57. The second-order valence-corrected chi connectivity index (χ2v) is 10.5. The summed E-state index contributed by atoms with van der Waals surface area (Å²) in [4.78, 5) is 22.3. The maximum atomic E-state index is 13.6. The van der Waals surface area contributed by atoms with Crippen LogP contribution in [0.1, 0.15) is 24.2 Å². The predicted molar refractivity (Wildman–Crippen MR) is 139 cm³/mol. The van der Waals surface area contributed by atoms with Crippen molar-refractivity contribution in [1.82, 2.24) is 9.88 Å². The average molecular weight is 528 g/mol. The molecule has 0 saturated carbocycles. The van der Waals surface area contributed by atoms with E-state index in [-0.39, 0.29) is 23.2 Å². The zero-order valence-electron chi connectivity index (χ0n) is 19.9. The number of methoxy groups -OCH3 is 2. The van der Waals surface area contributed by atoms with Crippen molar-refractivity contribution >= 4 is 54.8 Å². The fourth-order valence-electron chi connectivity index (χ4n) is 3.43. The molecule has 1 amide bonds. The van der Waals surface area contributed by atoms with Gasteiger partial charge in [-0.05, 0) is 49.5 Å². The number of halogens is 1. The molecular formula is C23H30ClN3O5S2. The van der Waals surface area contributed by atoms with Gasteiger partial charge in [-0.3, -0.25) is 9.69 Å². The van der Waals surface area contributed by atoms with Crippen molar-refractivity contribution < 1.29 is 22.7 Å². The summed E-state index contributed by atoms with van der Waals surface area (Å²) in [6.45, 7) is 7.01. The number of sulfone groups is 1. The molecule has 0 aliphatic heterocycles. The maximum absolute atomic E-state index is 13.6. The summed E-state index contributed by atoms with van der Waals surface area (Å²) in [7, 11) is -0.273. The Morgan fingerprint density at radius 2 is 1.68 bits per heavy atom. The Kier molecular flexibility index (Phi) is 9.69. The fraction of sp³-hybridized carbons (Fsp3) is 0.391. The van der Waals surface area contributed by atoms with Gasteiger partial charge >= 0.3 is 0 Å². The second kappa shape index (κ2) is 11.8. The van der Waals surface area contributed by atoms with Crippen LogP contribution in [-0.4, -0.2) is 70.9 Å². The standard InChI is InChI=1S/C23H29N3O5S2.ClH/c1-6-25(7-2)12-13-26(22(27)16-8-11-19(30-3)20(14-16)31-4)23-24-18-10-9-17(33(5,28)29)15-21(18)32-23;/h8-11,14-15H,6-7,12-13H2,1-5H3;1H. The summed E-state index contributed by atoms with van der Waals surface area (Å²) in [6, 6.07) is 9.87. The van der Waals surface area contributed by atoms with Crippen LogP contribution >= 0.6 is 23.7 Å². The van der Waals surface area contributed by atoms with E-state index in [4.69, 9.17) is 9.47 Å². The Labute approximate surface area is 210 Å². The number of rotatable bonds is 10. The minimum absolute atomic E-state index is 0. The average Bonchev–Trinajstić information content (AvgIpc) is 3.23. The minimum atomic E-state index is -3.34. The van der Waals surface area contributed by atoms with Gasteiger partial charge in [-0.25, -0.2) is 13.4 Å². The number of amides is 1. The number of fused-ring (bicyclic) bond motifs is 1.